The molecule has 1 aliphatic heterocycles. The number of para-hydroxylation sites is 1. The van der Waals surface area contributed by atoms with Gasteiger partial charge in [-0.05, 0) is 62.6 Å². The zero-order valence-corrected chi connectivity index (χ0v) is 20.5. The van der Waals surface area contributed by atoms with Crippen molar-refractivity contribution >= 4 is 0 Å². The van der Waals surface area contributed by atoms with Gasteiger partial charge in [0.25, 0.3) is 0 Å². The van der Waals surface area contributed by atoms with Crippen molar-refractivity contribution in [3.05, 3.63) is 72.1 Å². The summed E-state index contributed by atoms with van der Waals surface area (Å²) >= 11 is 0. The third-order valence-electron chi connectivity index (χ3n) is 6.49. The Morgan fingerprint density at radius 3 is 2.69 bits per heavy atom. The lowest BCUT2D eigenvalue weighted by molar-refractivity contribution is -0.0177. The molecule has 8 heteroatoms. The van der Waals surface area contributed by atoms with Crippen LogP contribution in [0.25, 0.3) is 0 Å². The number of aromatic nitrogens is 2. The van der Waals surface area contributed by atoms with E-state index in [2.05, 4.69) is 16.0 Å². The summed E-state index contributed by atoms with van der Waals surface area (Å²) < 4.78 is 33.1. The number of ether oxygens (including phenoxy) is 3. The first-order valence-corrected chi connectivity index (χ1v) is 12.1. The van der Waals surface area contributed by atoms with E-state index in [4.69, 9.17) is 14.2 Å². The van der Waals surface area contributed by atoms with Crippen molar-refractivity contribution in [3.63, 3.8) is 0 Å². The van der Waals surface area contributed by atoms with E-state index in [1.54, 1.807) is 31.5 Å². The van der Waals surface area contributed by atoms with Crippen molar-refractivity contribution in [2.75, 3.05) is 33.4 Å². The summed E-state index contributed by atoms with van der Waals surface area (Å²) in [6, 6.07) is 12.3. The van der Waals surface area contributed by atoms with Crippen LogP contribution in [0.15, 0.2) is 54.9 Å². The number of aryl methyl sites for hydroxylation is 1. The van der Waals surface area contributed by atoms with Crippen LogP contribution < -0.4 is 14.2 Å². The summed E-state index contributed by atoms with van der Waals surface area (Å²) in [5, 5.41) is 11.1. The van der Waals surface area contributed by atoms with Crippen LogP contribution in [0.2, 0.25) is 0 Å². The van der Waals surface area contributed by atoms with Gasteiger partial charge in [-0.1, -0.05) is 18.2 Å². The molecule has 0 bridgehead atoms. The van der Waals surface area contributed by atoms with Crippen LogP contribution in [0.4, 0.5) is 4.39 Å². The van der Waals surface area contributed by atoms with Crippen molar-refractivity contribution in [1.82, 2.24) is 14.5 Å². The first-order valence-electron chi connectivity index (χ1n) is 12.1. The van der Waals surface area contributed by atoms with Gasteiger partial charge in [0.1, 0.15) is 19.0 Å². The fraction of sp³-hybridized carbons (Fsp3) is 0.444. The van der Waals surface area contributed by atoms with Crippen molar-refractivity contribution in [2.24, 2.45) is 0 Å². The Labute approximate surface area is 206 Å². The summed E-state index contributed by atoms with van der Waals surface area (Å²) in [6.45, 7) is 5.62. The van der Waals surface area contributed by atoms with Crippen LogP contribution in [-0.2, 0) is 13.1 Å². The van der Waals surface area contributed by atoms with E-state index >= 15 is 0 Å². The van der Waals surface area contributed by atoms with E-state index < -0.39 is 11.4 Å². The molecule has 0 saturated carbocycles. The Kier molecular flexibility index (Phi) is 8.25. The Hall–Kier alpha value is -3.10. The van der Waals surface area contributed by atoms with Gasteiger partial charge in [-0.2, -0.15) is 0 Å². The maximum absolute atomic E-state index is 13.9. The lowest BCUT2D eigenvalue weighted by Gasteiger charge is -2.27. The second-order valence-corrected chi connectivity index (χ2v) is 9.07. The molecule has 188 valence electrons. The van der Waals surface area contributed by atoms with Gasteiger partial charge in [0.05, 0.1) is 19.3 Å². The molecule has 1 saturated heterocycles. The van der Waals surface area contributed by atoms with Crippen LogP contribution >= 0.6 is 0 Å². The SMILES string of the molecule is COc1cc(CN2CCCC(O)(COc3ccccc3F)CC2)ccc1OCCn1ccnc1C. The molecule has 1 N–H and O–H groups in total. The molecular weight excluding hydrogens is 449 g/mol. The highest BCUT2D eigenvalue weighted by Gasteiger charge is 2.31. The molecule has 2 heterocycles. The third-order valence-corrected chi connectivity index (χ3v) is 6.49. The summed E-state index contributed by atoms with van der Waals surface area (Å²) in [4.78, 5) is 6.54. The zero-order valence-electron chi connectivity index (χ0n) is 20.5. The number of hydrogen-bond acceptors (Lipinski definition) is 6. The molecule has 7 nitrogen and oxygen atoms in total. The first-order chi connectivity index (χ1) is 17.0. The van der Waals surface area contributed by atoms with Gasteiger partial charge in [-0.3, -0.25) is 4.90 Å². The standard InChI is InChI=1S/C27H34FN3O4/c1-21-29-12-15-31(21)16-17-34-25-9-8-22(18-26(25)33-2)19-30-13-5-10-27(32,11-14-30)20-35-24-7-4-3-6-23(24)28/h3-4,6-9,12,15,18,32H,5,10-11,13-14,16-17,19-20H2,1-2H3. The molecule has 1 atom stereocenters. The topological polar surface area (TPSA) is 69.0 Å². The number of halogens is 1. The monoisotopic (exact) mass is 483 g/mol. The molecule has 0 amide bonds. The smallest absolute Gasteiger partial charge is 0.165 e. The summed E-state index contributed by atoms with van der Waals surface area (Å²) in [7, 11) is 1.65. The maximum atomic E-state index is 13.9. The van der Waals surface area contributed by atoms with Crippen LogP contribution in [0.3, 0.4) is 0 Å². The number of nitrogens with zero attached hydrogens (tertiary/aromatic N) is 3. The van der Waals surface area contributed by atoms with Crippen LogP contribution in [0, 0.1) is 12.7 Å². The maximum Gasteiger partial charge on any atom is 0.165 e. The number of imidazole rings is 1. The molecule has 35 heavy (non-hydrogen) atoms. The predicted molar refractivity (Wildman–Crippen MR) is 131 cm³/mol. The Balaban J connectivity index is 1.30. The predicted octanol–water partition coefficient (Wildman–Crippen LogP) is 4.21. The van der Waals surface area contributed by atoms with Crippen molar-refractivity contribution in [3.8, 4) is 17.2 Å². The van der Waals surface area contributed by atoms with E-state index in [9.17, 15) is 9.50 Å². The number of methoxy groups -OCH3 is 1. The lowest BCUT2D eigenvalue weighted by Crippen LogP contribution is -2.37. The molecule has 1 unspecified atom stereocenters. The number of rotatable bonds is 10. The molecule has 0 spiro atoms. The van der Waals surface area contributed by atoms with E-state index in [0.717, 1.165) is 37.4 Å². The quantitative estimate of drug-likeness (QED) is 0.466. The minimum absolute atomic E-state index is 0.0836. The van der Waals surface area contributed by atoms with Crippen molar-refractivity contribution in [2.45, 2.75) is 44.9 Å². The van der Waals surface area contributed by atoms with Crippen LogP contribution in [-0.4, -0.2) is 58.6 Å². The van der Waals surface area contributed by atoms with Gasteiger partial charge < -0.3 is 23.9 Å². The molecule has 0 radical (unpaired) electrons. The van der Waals surface area contributed by atoms with Crippen LogP contribution in [0.5, 0.6) is 17.2 Å². The molecule has 2 aromatic carbocycles. The average Bonchev–Trinajstić information content (AvgIpc) is 3.17. The normalized spacial score (nSPS) is 18.7. The van der Waals surface area contributed by atoms with E-state index in [0.29, 0.717) is 37.5 Å². The summed E-state index contributed by atoms with van der Waals surface area (Å²) in [5.74, 6) is 2.14. The largest absolute Gasteiger partial charge is 0.493 e. The Morgan fingerprint density at radius 2 is 1.91 bits per heavy atom. The molecule has 1 fully saturated rings. The van der Waals surface area contributed by atoms with Gasteiger partial charge in [-0.15, -0.1) is 0 Å². The number of hydrogen-bond donors (Lipinski definition) is 1. The second kappa shape index (κ2) is 11.6. The Bertz CT molecular complexity index is 1110. The molecule has 4 rings (SSSR count). The van der Waals surface area contributed by atoms with Gasteiger partial charge >= 0.3 is 0 Å². The van der Waals surface area contributed by atoms with Gasteiger partial charge in [-0.25, -0.2) is 9.37 Å². The number of benzene rings is 2. The highest BCUT2D eigenvalue weighted by Crippen LogP contribution is 2.30. The zero-order chi connectivity index (χ0) is 24.7. The molecule has 3 aromatic rings. The second-order valence-electron chi connectivity index (χ2n) is 9.07. The van der Waals surface area contributed by atoms with Crippen LogP contribution in [0.1, 0.15) is 30.7 Å². The van der Waals surface area contributed by atoms with E-state index in [1.165, 1.54) is 6.07 Å². The summed E-state index contributed by atoms with van der Waals surface area (Å²) in [6.07, 6.45) is 5.73. The molecule has 1 aliphatic rings. The fourth-order valence-corrected chi connectivity index (χ4v) is 4.39. The lowest BCUT2D eigenvalue weighted by atomic mass is 9.96. The highest BCUT2D eigenvalue weighted by molar-refractivity contribution is 5.43. The van der Waals surface area contributed by atoms with E-state index in [1.807, 2.05) is 29.8 Å². The molecular formula is C27H34FN3O4. The van der Waals surface area contributed by atoms with Crippen molar-refractivity contribution in [1.29, 1.82) is 0 Å². The first kappa shape index (κ1) is 25.0. The van der Waals surface area contributed by atoms with E-state index in [-0.39, 0.29) is 12.4 Å². The minimum atomic E-state index is -0.972. The van der Waals surface area contributed by atoms with Gasteiger partial charge in [0.15, 0.2) is 23.1 Å². The van der Waals surface area contributed by atoms with Crippen molar-refractivity contribution < 1.29 is 23.7 Å². The highest BCUT2D eigenvalue weighted by atomic mass is 19.1. The molecule has 0 aliphatic carbocycles. The van der Waals surface area contributed by atoms with Gasteiger partial charge in [0, 0.05) is 25.5 Å². The molecule has 1 aromatic heterocycles. The Morgan fingerprint density at radius 1 is 1.06 bits per heavy atom. The average molecular weight is 484 g/mol. The number of aliphatic hydroxyl groups is 1. The fourth-order valence-electron chi connectivity index (χ4n) is 4.39. The van der Waals surface area contributed by atoms with Gasteiger partial charge in [0.2, 0.25) is 0 Å². The number of likely N-dealkylation sites (tertiary alicyclic amines) is 1. The summed E-state index contributed by atoms with van der Waals surface area (Å²) in [5.41, 5.74) is 0.146. The minimum Gasteiger partial charge on any atom is -0.493 e. The third kappa shape index (κ3) is 6.74.